The third kappa shape index (κ3) is 5.85. The fourth-order valence-electron chi connectivity index (χ4n) is 4.04. The zero-order valence-corrected chi connectivity index (χ0v) is 19.5. The van der Waals surface area contributed by atoms with Crippen LogP contribution < -0.4 is 10.1 Å². The number of likely N-dealkylation sites (tertiary alicyclic amines) is 1. The molecule has 1 N–H and O–H groups in total. The number of amides is 3. The molecule has 9 heteroatoms. The molecule has 2 aromatic carbocycles. The Morgan fingerprint density at radius 2 is 1.91 bits per heavy atom. The van der Waals surface area contributed by atoms with E-state index < -0.39 is 6.04 Å². The van der Waals surface area contributed by atoms with Crippen LogP contribution in [0.2, 0.25) is 0 Å². The van der Waals surface area contributed by atoms with Crippen LogP contribution in [0.5, 0.6) is 5.75 Å². The predicted molar refractivity (Wildman–Crippen MR) is 128 cm³/mol. The lowest BCUT2D eigenvalue weighted by atomic mass is 10.1. The summed E-state index contributed by atoms with van der Waals surface area (Å²) in [7, 11) is 1.62. The van der Waals surface area contributed by atoms with Crippen LogP contribution in [0.3, 0.4) is 0 Å². The molecule has 0 radical (unpaired) electrons. The number of methoxy groups -OCH3 is 1. The van der Waals surface area contributed by atoms with E-state index in [1.54, 1.807) is 12.0 Å². The molecule has 0 aliphatic carbocycles. The van der Waals surface area contributed by atoms with Gasteiger partial charge >= 0.3 is 6.03 Å². The summed E-state index contributed by atoms with van der Waals surface area (Å²) in [4.78, 5) is 35.2. The van der Waals surface area contributed by atoms with Gasteiger partial charge < -0.3 is 29.4 Å². The summed E-state index contributed by atoms with van der Waals surface area (Å²) in [6.07, 6.45) is 0.333. The van der Waals surface area contributed by atoms with E-state index in [1.165, 1.54) is 4.90 Å². The maximum absolute atomic E-state index is 13.3. The number of morpholine rings is 1. The Balaban J connectivity index is 1.45. The molecule has 9 nitrogen and oxygen atoms in total. The number of nitrogens with one attached hydrogen (secondary N) is 1. The monoisotopic (exact) mass is 466 g/mol. The molecule has 2 aliphatic heterocycles. The second kappa shape index (κ2) is 11.0. The zero-order valence-electron chi connectivity index (χ0n) is 19.5. The standard InChI is InChI=1S/C25H30N4O5/c1-18-4-3-5-20(14-18)26-25(31)29-16-21(15-23(29)24(30)28-10-12-33-13-11-28)27-34-17-19-6-8-22(32-2)9-7-19/h3-9,14,23H,10-13,15-17H2,1-2H3,(H,26,31)/b27-21+/t23-/m0/s1. The van der Waals surface area contributed by atoms with Crippen LogP contribution in [0.25, 0.3) is 0 Å². The van der Waals surface area contributed by atoms with Crippen LogP contribution in [-0.4, -0.2) is 73.4 Å². The van der Waals surface area contributed by atoms with Gasteiger partial charge in [0.1, 0.15) is 18.4 Å². The molecule has 2 saturated heterocycles. The van der Waals surface area contributed by atoms with Crippen molar-refractivity contribution in [2.45, 2.75) is 26.0 Å². The minimum Gasteiger partial charge on any atom is -0.497 e. The summed E-state index contributed by atoms with van der Waals surface area (Å²) in [6.45, 7) is 4.50. The van der Waals surface area contributed by atoms with Crippen molar-refractivity contribution in [2.24, 2.45) is 5.16 Å². The van der Waals surface area contributed by atoms with Gasteiger partial charge in [-0.1, -0.05) is 29.4 Å². The van der Waals surface area contributed by atoms with Gasteiger partial charge in [-0.05, 0) is 42.3 Å². The molecule has 180 valence electrons. The van der Waals surface area contributed by atoms with Crippen LogP contribution in [-0.2, 0) is 21.0 Å². The molecule has 2 aliphatic rings. The molecule has 0 spiro atoms. The highest BCUT2D eigenvalue weighted by Crippen LogP contribution is 2.22. The zero-order chi connectivity index (χ0) is 23.9. The first kappa shape index (κ1) is 23.6. The van der Waals surface area contributed by atoms with Gasteiger partial charge in [-0.15, -0.1) is 0 Å². The number of carbonyl (C=O) groups is 2. The first-order valence-electron chi connectivity index (χ1n) is 11.3. The summed E-state index contributed by atoms with van der Waals surface area (Å²) in [6, 6.07) is 14.1. The van der Waals surface area contributed by atoms with Crippen molar-refractivity contribution in [3.8, 4) is 5.75 Å². The lowest BCUT2D eigenvalue weighted by Gasteiger charge is -2.32. The topological polar surface area (TPSA) is 92.7 Å². The van der Waals surface area contributed by atoms with E-state index in [2.05, 4.69) is 10.5 Å². The minimum absolute atomic E-state index is 0.0944. The predicted octanol–water partition coefficient (Wildman–Crippen LogP) is 3.04. The Labute approximate surface area is 199 Å². The average Bonchev–Trinajstić information content (AvgIpc) is 3.29. The molecule has 0 saturated carbocycles. The summed E-state index contributed by atoms with van der Waals surface area (Å²) in [5.74, 6) is 0.675. The van der Waals surface area contributed by atoms with E-state index in [4.69, 9.17) is 14.3 Å². The number of hydrogen-bond acceptors (Lipinski definition) is 6. The van der Waals surface area contributed by atoms with E-state index in [9.17, 15) is 9.59 Å². The van der Waals surface area contributed by atoms with Crippen LogP contribution in [0, 0.1) is 6.92 Å². The third-order valence-electron chi connectivity index (χ3n) is 5.88. The first-order valence-corrected chi connectivity index (χ1v) is 11.3. The van der Waals surface area contributed by atoms with Gasteiger partial charge in [0.15, 0.2) is 0 Å². The Kier molecular flexibility index (Phi) is 7.64. The van der Waals surface area contributed by atoms with Gasteiger partial charge in [-0.2, -0.15) is 0 Å². The van der Waals surface area contributed by atoms with Crippen molar-refractivity contribution < 1.29 is 23.9 Å². The molecule has 0 bridgehead atoms. The lowest BCUT2D eigenvalue weighted by molar-refractivity contribution is -0.139. The largest absolute Gasteiger partial charge is 0.497 e. The van der Waals surface area contributed by atoms with E-state index in [1.807, 2.05) is 55.5 Å². The number of rotatable bonds is 6. The number of benzene rings is 2. The van der Waals surface area contributed by atoms with Crippen LogP contribution in [0.4, 0.5) is 10.5 Å². The third-order valence-corrected chi connectivity index (χ3v) is 5.88. The van der Waals surface area contributed by atoms with Crippen LogP contribution in [0.1, 0.15) is 17.5 Å². The maximum Gasteiger partial charge on any atom is 0.322 e. The maximum atomic E-state index is 13.3. The number of anilines is 1. The Hall–Kier alpha value is -3.59. The molecular weight excluding hydrogens is 436 g/mol. The number of carbonyl (C=O) groups excluding carboxylic acids is 2. The van der Waals surface area contributed by atoms with Crippen molar-refractivity contribution in [1.29, 1.82) is 0 Å². The van der Waals surface area contributed by atoms with E-state index in [0.717, 1.165) is 16.9 Å². The van der Waals surface area contributed by atoms with E-state index in [0.29, 0.717) is 44.1 Å². The average molecular weight is 467 g/mol. The second-order valence-electron chi connectivity index (χ2n) is 8.36. The molecule has 2 aromatic rings. The number of oxime groups is 1. The molecule has 3 amide bonds. The summed E-state index contributed by atoms with van der Waals surface area (Å²) < 4.78 is 10.5. The molecule has 2 fully saturated rings. The van der Waals surface area contributed by atoms with Crippen molar-refractivity contribution >= 4 is 23.3 Å². The van der Waals surface area contributed by atoms with E-state index >= 15 is 0 Å². The second-order valence-corrected chi connectivity index (χ2v) is 8.36. The van der Waals surface area contributed by atoms with Gasteiger partial charge in [0.25, 0.3) is 0 Å². The van der Waals surface area contributed by atoms with Gasteiger partial charge in [0.05, 0.1) is 32.6 Å². The van der Waals surface area contributed by atoms with Crippen molar-refractivity contribution in [3.63, 3.8) is 0 Å². The van der Waals surface area contributed by atoms with Gasteiger partial charge in [0.2, 0.25) is 5.91 Å². The highest BCUT2D eigenvalue weighted by Gasteiger charge is 2.40. The van der Waals surface area contributed by atoms with Gasteiger partial charge in [-0.3, -0.25) is 4.79 Å². The molecule has 2 heterocycles. The molecule has 0 aromatic heterocycles. The lowest BCUT2D eigenvalue weighted by Crippen LogP contribution is -2.51. The molecule has 1 atom stereocenters. The Morgan fingerprint density at radius 1 is 1.15 bits per heavy atom. The number of hydrogen-bond donors (Lipinski definition) is 1. The number of aryl methyl sites for hydroxylation is 1. The molecular formula is C25H30N4O5. The number of ether oxygens (including phenoxy) is 2. The van der Waals surface area contributed by atoms with Crippen LogP contribution in [0.15, 0.2) is 53.7 Å². The van der Waals surface area contributed by atoms with Gasteiger partial charge in [0, 0.05) is 25.2 Å². The SMILES string of the molecule is COc1ccc(CO/N=C2\C[C@@H](C(=O)N3CCOCC3)N(C(=O)Nc3cccc(C)c3)C2)cc1. The molecule has 0 unspecified atom stereocenters. The summed E-state index contributed by atoms with van der Waals surface area (Å²) >= 11 is 0. The van der Waals surface area contributed by atoms with Gasteiger partial charge in [-0.25, -0.2) is 4.79 Å². The highest BCUT2D eigenvalue weighted by molar-refractivity contribution is 6.03. The van der Waals surface area contributed by atoms with Crippen LogP contribution >= 0.6 is 0 Å². The normalized spacial score (nSPS) is 19.2. The number of urea groups is 1. The highest BCUT2D eigenvalue weighted by atomic mass is 16.6. The summed E-state index contributed by atoms with van der Waals surface area (Å²) in [5, 5.41) is 7.17. The minimum atomic E-state index is -0.633. The smallest absolute Gasteiger partial charge is 0.322 e. The molecule has 34 heavy (non-hydrogen) atoms. The fourth-order valence-corrected chi connectivity index (χ4v) is 4.04. The number of nitrogens with zero attached hydrogens (tertiary/aromatic N) is 3. The van der Waals surface area contributed by atoms with E-state index in [-0.39, 0.29) is 25.1 Å². The molecule has 4 rings (SSSR count). The quantitative estimate of drug-likeness (QED) is 0.661. The first-order chi connectivity index (χ1) is 16.5. The summed E-state index contributed by atoms with van der Waals surface area (Å²) in [5.41, 5.74) is 3.32. The Bertz CT molecular complexity index is 1030. The Morgan fingerprint density at radius 3 is 2.62 bits per heavy atom. The van der Waals surface area contributed by atoms with Crippen molar-refractivity contribution in [2.75, 3.05) is 45.3 Å². The van der Waals surface area contributed by atoms with Crippen molar-refractivity contribution in [3.05, 3.63) is 59.7 Å². The fraction of sp³-hybridized carbons (Fsp3) is 0.400. The van der Waals surface area contributed by atoms with Crippen molar-refractivity contribution in [1.82, 2.24) is 9.80 Å².